The highest BCUT2D eigenvalue weighted by Crippen LogP contribution is 2.28. The number of nitrogens with zero attached hydrogens (tertiary/aromatic N) is 2. The lowest BCUT2D eigenvalue weighted by Crippen LogP contribution is -2.52. The Morgan fingerprint density at radius 2 is 1.72 bits per heavy atom. The quantitative estimate of drug-likeness (QED) is 0.214. The summed E-state index contributed by atoms with van der Waals surface area (Å²) >= 11 is 4.99. The molecule has 4 rings (SSSR count). The molecule has 0 bridgehead atoms. The Hall–Kier alpha value is -3.02. The highest BCUT2D eigenvalue weighted by molar-refractivity contribution is 9.10. The highest BCUT2D eigenvalue weighted by atomic mass is 79.9. The van der Waals surface area contributed by atoms with Crippen molar-refractivity contribution < 1.29 is 22.7 Å². The minimum Gasteiger partial charge on any atom is -0.494 e. The lowest BCUT2D eigenvalue weighted by atomic mass is 10.1. The molecule has 3 aromatic rings. The maximum absolute atomic E-state index is 14.1. The molecule has 1 aliphatic carbocycles. The van der Waals surface area contributed by atoms with Crippen molar-refractivity contribution >= 4 is 55.2 Å². The summed E-state index contributed by atoms with van der Waals surface area (Å²) in [6.07, 6.45) is 5.87. The first-order valence-electron chi connectivity index (χ1n) is 14.4. The van der Waals surface area contributed by atoms with Crippen molar-refractivity contribution in [3.63, 3.8) is 0 Å². The maximum atomic E-state index is 14.1. The van der Waals surface area contributed by atoms with Crippen LogP contribution < -0.4 is 14.4 Å². The van der Waals surface area contributed by atoms with Crippen LogP contribution >= 0.6 is 27.7 Å². The molecule has 0 aromatic heterocycles. The lowest BCUT2D eigenvalue weighted by molar-refractivity contribution is -0.139. The van der Waals surface area contributed by atoms with E-state index in [1.54, 1.807) is 55.5 Å². The number of carbonyl (C=O) groups is 2. The molecule has 230 valence electrons. The first-order chi connectivity index (χ1) is 20.6. The lowest BCUT2D eigenvalue weighted by Gasteiger charge is -2.32. The van der Waals surface area contributed by atoms with Gasteiger partial charge in [0, 0.05) is 22.0 Å². The fraction of sp³-hybridized carbons (Fsp3) is 0.375. The molecule has 3 aromatic carbocycles. The van der Waals surface area contributed by atoms with Crippen molar-refractivity contribution in [2.45, 2.75) is 68.0 Å². The van der Waals surface area contributed by atoms with Gasteiger partial charge in [-0.2, -0.15) is 0 Å². The Labute approximate surface area is 267 Å². The van der Waals surface area contributed by atoms with Crippen molar-refractivity contribution in [1.82, 2.24) is 10.2 Å². The molecule has 1 saturated carbocycles. The zero-order chi connectivity index (χ0) is 31.0. The summed E-state index contributed by atoms with van der Waals surface area (Å²) in [5, 5.41) is 3.09. The van der Waals surface area contributed by atoms with Crippen LogP contribution in [0.15, 0.2) is 87.1 Å². The number of sulfonamides is 1. The molecule has 0 aliphatic heterocycles. The Morgan fingerprint density at radius 3 is 2.33 bits per heavy atom. The molecule has 8 nitrogen and oxygen atoms in total. The van der Waals surface area contributed by atoms with Gasteiger partial charge in [-0.25, -0.2) is 8.42 Å². The van der Waals surface area contributed by atoms with E-state index in [4.69, 9.17) is 4.74 Å². The highest BCUT2D eigenvalue weighted by Gasteiger charge is 2.33. The molecule has 0 saturated heterocycles. The van der Waals surface area contributed by atoms with E-state index < -0.39 is 28.5 Å². The van der Waals surface area contributed by atoms with E-state index in [2.05, 4.69) is 21.2 Å². The molecule has 1 N–H and O–H groups in total. The van der Waals surface area contributed by atoms with Gasteiger partial charge >= 0.3 is 0 Å². The van der Waals surface area contributed by atoms with Gasteiger partial charge in [0.2, 0.25) is 11.8 Å². The van der Waals surface area contributed by atoms with Crippen molar-refractivity contribution in [2.24, 2.45) is 0 Å². The molecule has 1 fully saturated rings. The number of halogens is 1. The van der Waals surface area contributed by atoms with E-state index in [9.17, 15) is 18.0 Å². The first kappa shape index (κ1) is 32.9. The largest absolute Gasteiger partial charge is 0.494 e. The minimum absolute atomic E-state index is 0.0672. The fourth-order valence-electron chi connectivity index (χ4n) is 5.09. The average molecular weight is 689 g/mol. The summed E-state index contributed by atoms with van der Waals surface area (Å²) in [5.41, 5.74) is 1.13. The number of amides is 2. The van der Waals surface area contributed by atoms with Crippen LogP contribution in [-0.4, -0.2) is 56.6 Å². The third-order valence-corrected chi connectivity index (χ3v) is 10.5. The van der Waals surface area contributed by atoms with Crippen molar-refractivity contribution in [1.29, 1.82) is 0 Å². The van der Waals surface area contributed by atoms with Crippen molar-refractivity contribution in [3.8, 4) is 5.75 Å². The molecule has 11 heteroatoms. The van der Waals surface area contributed by atoms with Gasteiger partial charge in [0.1, 0.15) is 18.3 Å². The van der Waals surface area contributed by atoms with Crippen LogP contribution in [0.4, 0.5) is 5.69 Å². The Kier molecular flexibility index (Phi) is 11.6. The van der Waals surface area contributed by atoms with E-state index in [0.29, 0.717) is 18.0 Å². The summed E-state index contributed by atoms with van der Waals surface area (Å²) in [7, 11) is -4.15. The molecule has 0 unspecified atom stereocenters. The van der Waals surface area contributed by atoms with E-state index >= 15 is 0 Å². The van der Waals surface area contributed by atoms with Crippen LogP contribution in [0.1, 0.15) is 45.1 Å². The van der Waals surface area contributed by atoms with Gasteiger partial charge < -0.3 is 15.0 Å². The second kappa shape index (κ2) is 15.1. The second-order valence-corrected chi connectivity index (χ2v) is 14.1. The summed E-state index contributed by atoms with van der Waals surface area (Å²) < 4.78 is 35.6. The van der Waals surface area contributed by atoms with E-state index in [1.807, 2.05) is 37.4 Å². The van der Waals surface area contributed by atoms with Gasteiger partial charge in [0.25, 0.3) is 10.0 Å². The third kappa shape index (κ3) is 8.55. The van der Waals surface area contributed by atoms with Gasteiger partial charge in [0.15, 0.2) is 0 Å². The monoisotopic (exact) mass is 687 g/mol. The smallest absolute Gasteiger partial charge is 0.264 e. The number of ether oxygens (including phenoxy) is 1. The number of nitrogens with one attached hydrogen (secondary N) is 1. The van der Waals surface area contributed by atoms with Crippen LogP contribution in [0, 0.1) is 0 Å². The van der Waals surface area contributed by atoms with Crippen LogP contribution in [0.2, 0.25) is 0 Å². The normalized spacial score (nSPS) is 14.2. The number of benzene rings is 3. The Bertz CT molecular complexity index is 1490. The van der Waals surface area contributed by atoms with Gasteiger partial charge in [-0.3, -0.25) is 13.9 Å². The standard InChI is InChI=1S/C32H38BrN3O5S2/c1-4-41-28-14-12-27(13-15-28)36(43(39,40)30-18-16-29(42-3)17-19-30)22-31(37)35(21-24-8-7-9-25(33)20-24)23(2)32(38)34-26-10-5-6-11-26/h7-9,12-20,23,26H,4-6,10-11,21-22H2,1-3H3,(H,34,38)/t23-/m1/s1. The van der Waals surface area contributed by atoms with Crippen LogP contribution in [0.3, 0.4) is 0 Å². The Morgan fingerprint density at radius 1 is 1.05 bits per heavy atom. The van der Waals surface area contributed by atoms with Gasteiger partial charge in [-0.1, -0.05) is 40.9 Å². The topological polar surface area (TPSA) is 96.0 Å². The van der Waals surface area contributed by atoms with E-state index in [0.717, 1.165) is 44.9 Å². The molecule has 0 radical (unpaired) electrons. The first-order valence-corrected chi connectivity index (χ1v) is 17.8. The van der Waals surface area contributed by atoms with Crippen LogP contribution in [0.25, 0.3) is 0 Å². The van der Waals surface area contributed by atoms with Gasteiger partial charge in [-0.15, -0.1) is 11.8 Å². The zero-order valence-electron chi connectivity index (χ0n) is 24.7. The van der Waals surface area contributed by atoms with E-state index in [1.165, 1.54) is 16.7 Å². The molecule has 0 heterocycles. The summed E-state index contributed by atoms with van der Waals surface area (Å²) in [5.74, 6) is -0.154. The summed E-state index contributed by atoms with van der Waals surface area (Å²) in [4.78, 5) is 30.0. The molecule has 43 heavy (non-hydrogen) atoms. The third-order valence-electron chi connectivity index (χ3n) is 7.47. The summed E-state index contributed by atoms with van der Waals surface area (Å²) in [6, 6.07) is 20.0. The fourth-order valence-corrected chi connectivity index (χ4v) is 7.35. The van der Waals surface area contributed by atoms with Crippen LogP contribution in [-0.2, 0) is 26.2 Å². The number of rotatable bonds is 13. The second-order valence-electron chi connectivity index (χ2n) is 10.4. The number of carbonyl (C=O) groups excluding carboxylic acids is 2. The van der Waals surface area contributed by atoms with Gasteiger partial charge in [0.05, 0.1) is 17.2 Å². The molecular weight excluding hydrogens is 650 g/mol. The zero-order valence-corrected chi connectivity index (χ0v) is 27.9. The number of hydrogen-bond donors (Lipinski definition) is 1. The molecular formula is C32H38BrN3O5S2. The van der Waals surface area contributed by atoms with Crippen molar-refractivity contribution in [3.05, 3.63) is 82.8 Å². The number of thioether (sulfide) groups is 1. The molecule has 0 spiro atoms. The predicted octanol–water partition coefficient (Wildman–Crippen LogP) is 6.24. The molecule has 1 atom stereocenters. The minimum atomic E-state index is -4.15. The predicted molar refractivity (Wildman–Crippen MR) is 175 cm³/mol. The maximum Gasteiger partial charge on any atom is 0.264 e. The van der Waals surface area contributed by atoms with Gasteiger partial charge in [-0.05, 0) is 99.2 Å². The number of hydrogen-bond acceptors (Lipinski definition) is 6. The average Bonchev–Trinajstić information content (AvgIpc) is 3.52. The van der Waals surface area contributed by atoms with Crippen LogP contribution in [0.5, 0.6) is 5.75 Å². The summed E-state index contributed by atoms with van der Waals surface area (Å²) in [6.45, 7) is 3.67. The Balaban J connectivity index is 1.69. The SMILES string of the molecule is CCOc1ccc(N(CC(=O)N(Cc2cccc(Br)c2)[C@H](C)C(=O)NC2CCCC2)S(=O)(=O)c2ccc(SC)cc2)cc1. The van der Waals surface area contributed by atoms with Crippen molar-refractivity contribution in [2.75, 3.05) is 23.7 Å². The molecule has 1 aliphatic rings. The van der Waals surface area contributed by atoms with E-state index in [-0.39, 0.29) is 23.4 Å². The number of anilines is 1. The molecule has 2 amide bonds.